The average molecular weight is 274 g/mol. The van der Waals surface area contributed by atoms with Crippen molar-refractivity contribution in [3.8, 4) is 11.3 Å². The van der Waals surface area contributed by atoms with E-state index in [9.17, 15) is 5.11 Å². The molecule has 1 saturated heterocycles. The molecule has 3 rings (SSSR count). The number of aryl methyl sites for hydroxylation is 2. The van der Waals surface area contributed by atoms with Crippen molar-refractivity contribution in [2.75, 3.05) is 13.1 Å². The summed E-state index contributed by atoms with van der Waals surface area (Å²) in [6.45, 7) is 5.65. The summed E-state index contributed by atoms with van der Waals surface area (Å²) in [6.07, 6.45) is 0.779. The Morgan fingerprint density at radius 3 is 2.53 bits per heavy atom. The van der Waals surface area contributed by atoms with E-state index in [1.165, 1.54) is 4.88 Å². The number of aromatic nitrogens is 1. The number of aliphatic hydroxyl groups is 1. The van der Waals surface area contributed by atoms with Crippen molar-refractivity contribution >= 4 is 11.3 Å². The molecule has 1 atom stereocenters. The van der Waals surface area contributed by atoms with Gasteiger partial charge in [0.15, 0.2) is 0 Å². The second-order valence-electron chi connectivity index (χ2n) is 5.17. The van der Waals surface area contributed by atoms with E-state index in [0.717, 1.165) is 34.8 Å². The largest absolute Gasteiger partial charge is 0.384 e. The molecule has 1 aromatic heterocycles. The van der Waals surface area contributed by atoms with Gasteiger partial charge in [-0.15, -0.1) is 11.3 Å². The number of benzene rings is 1. The van der Waals surface area contributed by atoms with E-state index < -0.39 is 5.60 Å². The molecule has 2 heterocycles. The lowest BCUT2D eigenvalue weighted by Gasteiger charge is -2.21. The highest BCUT2D eigenvalue weighted by Crippen LogP contribution is 2.31. The number of β-amino-alcohol motifs (C(OH)–C–C–N with tert-alkyl or cyclic N) is 1. The summed E-state index contributed by atoms with van der Waals surface area (Å²) in [5.74, 6) is 0. The molecule has 0 aliphatic carbocycles. The van der Waals surface area contributed by atoms with Crippen LogP contribution in [0.3, 0.4) is 0 Å². The predicted molar refractivity (Wildman–Crippen MR) is 78.4 cm³/mol. The molecule has 2 N–H and O–H groups in total. The summed E-state index contributed by atoms with van der Waals surface area (Å²) in [7, 11) is 0. The van der Waals surface area contributed by atoms with Crippen LogP contribution in [0.5, 0.6) is 0 Å². The summed E-state index contributed by atoms with van der Waals surface area (Å²) in [5, 5.41) is 14.8. The number of hydrogen-bond donors (Lipinski definition) is 2. The molecule has 4 heteroatoms. The van der Waals surface area contributed by atoms with E-state index in [1.54, 1.807) is 11.3 Å². The normalized spacial score (nSPS) is 22.9. The van der Waals surface area contributed by atoms with Gasteiger partial charge in [0, 0.05) is 17.0 Å². The maximum absolute atomic E-state index is 10.5. The SMILES string of the molecule is Cc1nc(-c2ccc(C3(O)CCNC3)cc2)c(C)s1. The van der Waals surface area contributed by atoms with Gasteiger partial charge in [0.05, 0.1) is 10.7 Å². The van der Waals surface area contributed by atoms with Crippen molar-refractivity contribution in [2.45, 2.75) is 25.9 Å². The lowest BCUT2D eigenvalue weighted by molar-refractivity contribution is 0.0588. The lowest BCUT2D eigenvalue weighted by atomic mass is 9.92. The monoisotopic (exact) mass is 274 g/mol. The number of thiazole rings is 1. The second-order valence-corrected chi connectivity index (χ2v) is 6.58. The fourth-order valence-electron chi connectivity index (χ4n) is 2.66. The van der Waals surface area contributed by atoms with Crippen LogP contribution in [0.4, 0.5) is 0 Å². The molecule has 2 aromatic rings. The minimum absolute atomic E-state index is 0.640. The quantitative estimate of drug-likeness (QED) is 0.885. The first kappa shape index (κ1) is 12.8. The van der Waals surface area contributed by atoms with E-state index in [2.05, 4.69) is 29.4 Å². The average Bonchev–Trinajstić information content (AvgIpc) is 2.97. The van der Waals surface area contributed by atoms with Gasteiger partial charge in [-0.25, -0.2) is 4.98 Å². The van der Waals surface area contributed by atoms with Crippen LogP contribution >= 0.6 is 11.3 Å². The van der Waals surface area contributed by atoms with Gasteiger partial charge in [-0.05, 0) is 32.4 Å². The molecule has 1 aliphatic rings. The zero-order valence-corrected chi connectivity index (χ0v) is 12.0. The molecule has 1 aliphatic heterocycles. The van der Waals surface area contributed by atoms with Crippen LogP contribution < -0.4 is 5.32 Å². The maximum atomic E-state index is 10.5. The third-order valence-corrected chi connectivity index (χ3v) is 4.62. The van der Waals surface area contributed by atoms with Crippen LogP contribution in [0.25, 0.3) is 11.3 Å². The Morgan fingerprint density at radius 2 is 2.00 bits per heavy atom. The highest BCUT2D eigenvalue weighted by Gasteiger charge is 2.32. The van der Waals surface area contributed by atoms with Crippen molar-refractivity contribution < 1.29 is 5.11 Å². The standard InChI is InChI=1S/C15H18N2OS/c1-10-14(17-11(2)19-10)12-3-5-13(6-4-12)15(18)7-8-16-9-15/h3-6,16,18H,7-9H2,1-2H3. The van der Waals surface area contributed by atoms with E-state index in [-0.39, 0.29) is 0 Å². The molecule has 1 fully saturated rings. The molecule has 3 nitrogen and oxygen atoms in total. The number of nitrogens with zero attached hydrogens (tertiary/aromatic N) is 1. The minimum Gasteiger partial charge on any atom is -0.384 e. The van der Waals surface area contributed by atoms with Crippen molar-refractivity contribution in [1.82, 2.24) is 10.3 Å². The Hall–Kier alpha value is -1.23. The highest BCUT2D eigenvalue weighted by atomic mass is 32.1. The van der Waals surface area contributed by atoms with Gasteiger partial charge >= 0.3 is 0 Å². The fraction of sp³-hybridized carbons (Fsp3) is 0.400. The van der Waals surface area contributed by atoms with Gasteiger partial charge in [-0.2, -0.15) is 0 Å². The number of hydrogen-bond acceptors (Lipinski definition) is 4. The molecule has 0 amide bonds. The molecule has 0 spiro atoms. The van der Waals surface area contributed by atoms with Crippen LogP contribution in [0.15, 0.2) is 24.3 Å². The molecule has 0 bridgehead atoms. The highest BCUT2D eigenvalue weighted by molar-refractivity contribution is 7.11. The molecular weight excluding hydrogens is 256 g/mol. The predicted octanol–water partition coefficient (Wildman–Crippen LogP) is 2.61. The first-order chi connectivity index (χ1) is 9.08. The summed E-state index contributed by atoms with van der Waals surface area (Å²) < 4.78 is 0. The third kappa shape index (κ3) is 2.31. The molecule has 1 unspecified atom stereocenters. The Kier molecular flexibility index (Phi) is 3.17. The first-order valence-electron chi connectivity index (χ1n) is 6.56. The first-order valence-corrected chi connectivity index (χ1v) is 7.38. The smallest absolute Gasteiger partial charge is 0.103 e. The van der Waals surface area contributed by atoms with E-state index in [0.29, 0.717) is 6.54 Å². The topological polar surface area (TPSA) is 45.2 Å². The Morgan fingerprint density at radius 1 is 1.26 bits per heavy atom. The number of nitrogens with one attached hydrogen (secondary N) is 1. The van der Waals surface area contributed by atoms with Gasteiger partial charge < -0.3 is 10.4 Å². The van der Waals surface area contributed by atoms with Crippen LogP contribution in [0.1, 0.15) is 21.9 Å². The minimum atomic E-state index is -0.703. The molecule has 100 valence electrons. The maximum Gasteiger partial charge on any atom is 0.103 e. The molecular formula is C15H18N2OS. The van der Waals surface area contributed by atoms with Crippen molar-refractivity contribution in [2.24, 2.45) is 0 Å². The van der Waals surface area contributed by atoms with Crippen LogP contribution in [-0.2, 0) is 5.60 Å². The molecule has 1 aromatic carbocycles. The van der Waals surface area contributed by atoms with Gasteiger partial charge in [-0.1, -0.05) is 24.3 Å². The van der Waals surface area contributed by atoms with Crippen molar-refractivity contribution in [3.63, 3.8) is 0 Å². The zero-order valence-electron chi connectivity index (χ0n) is 11.2. The van der Waals surface area contributed by atoms with Crippen molar-refractivity contribution in [3.05, 3.63) is 39.7 Å². The Labute approximate surface area is 117 Å². The van der Waals surface area contributed by atoms with Crippen LogP contribution in [-0.4, -0.2) is 23.2 Å². The summed E-state index contributed by atoms with van der Waals surface area (Å²) in [6, 6.07) is 8.17. The van der Waals surface area contributed by atoms with Gasteiger partial charge in [0.1, 0.15) is 5.60 Å². The second kappa shape index (κ2) is 4.71. The molecule has 0 saturated carbocycles. The van der Waals surface area contributed by atoms with Gasteiger partial charge in [0.25, 0.3) is 0 Å². The summed E-state index contributed by atoms with van der Waals surface area (Å²) >= 11 is 1.72. The Bertz CT molecular complexity index is 583. The van der Waals surface area contributed by atoms with E-state index >= 15 is 0 Å². The Balaban J connectivity index is 1.93. The number of rotatable bonds is 2. The van der Waals surface area contributed by atoms with Gasteiger partial charge in [0.2, 0.25) is 0 Å². The lowest BCUT2D eigenvalue weighted by Crippen LogP contribution is -2.28. The third-order valence-electron chi connectivity index (χ3n) is 3.73. The summed E-state index contributed by atoms with van der Waals surface area (Å²) in [4.78, 5) is 5.81. The van der Waals surface area contributed by atoms with Crippen LogP contribution in [0.2, 0.25) is 0 Å². The van der Waals surface area contributed by atoms with Crippen LogP contribution in [0, 0.1) is 13.8 Å². The fourth-order valence-corrected chi connectivity index (χ4v) is 3.50. The molecule has 19 heavy (non-hydrogen) atoms. The van der Waals surface area contributed by atoms with E-state index in [1.807, 2.05) is 19.1 Å². The molecule has 0 radical (unpaired) electrons. The van der Waals surface area contributed by atoms with Crippen molar-refractivity contribution in [1.29, 1.82) is 0 Å². The van der Waals surface area contributed by atoms with E-state index in [4.69, 9.17) is 0 Å². The summed E-state index contributed by atoms with van der Waals surface area (Å²) in [5.41, 5.74) is 2.47. The zero-order chi connectivity index (χ0) is 13.5. The van der Waals surface area contributed by atoms with Gasteiger partial charge in [-0.3, -0.25) is 0 Å².